The van der Waals surface area contributed by atoms with Crippen LogP contribution in [0, 0.1) is 11.8 Å². The average Bonchev–Trinajstić information content (AvgIpc) is 2.34. The topological polar surface area (TPSA) is 0 Å². The van der Waals surface area contributed by atoms with Crippen molar-refractivity contribution in [2.45, 2.75) is 26.2 Å². The Morgan fingerprint density at radius 2 is 2.00 bits per heavy atom. The van der Waals surface area contributed by atoms with E-state index in [1.807, 2.05) is 0 Å². The first kappa shape index (κ1) is 6.21. The van der Waals surface area contributed by atoms with Crippen LogP contribution in [0.2, 0.25) is 0 Å². The first-order chi connectivity index (χ1) is 4.88. The van der Waals surface area contributed by atoms with Gasteiger partial charge in [-0.05, 0) is 38.0 Å². The summed E-state index contributed by atoms with van der Waals surface area (Å²) in [7, 11) is 0. The number of allylic oxidation sites excluding steroid dienone is 4. The Labute approximate surface area is 62.6 Å². The second-order valence-electron chi connectivity index (χ2n) is 3.49. The lowest BCUT2D eigenvalue weighted by Crippen LogP contribution is -2.11. The molecule has 10 heavy (non-hydrogen) atoms. The fourth-order valence-corrected chi connectivity index (χ4v) is 2.18. The van der Waals surface area contributed by atoms with Gasteiger partial charge in [-0.2, -0.15) is 0 Å². The molecule has 2 unspecified atom stereocenters. The molecule has 0 aromatic carbocycles. The summed E-state index contributed by atoms with van der Waals surface area (Å²) < 4.78 is 0. The van der Waals surface area contributed by atoms with Crippen molar-refractivity contribution in [1.82, 2.24) is 0 Å². The van der Waals surface area contributed by atoms with Crippen LogP contribution < -0.4 is 0 Å². The van der Waals surface area contributed by atoms with Gasteiger partial charge >= 0.3 is 0 Å². The molecule has 0 aromatic heterocycles. The van der Waals surface area contributed by atoms with Crippen LogP contribution in [-0.2, 0) is 0 Å². The largest absolute Gasteiger partial charge is 0.0882 e. The van der Waals surface area contributed by atoms with E-state index < -0.39 is 0 Å². The minimum atomic E-state index is 0.907. The summed E-state index contributed by atoms with van der Waals surface area (Å²) in [6.07, 6.45) is 11.0. The normalized spacial score (nSPS) is 37.5. The Bertz CT molecular complexity index is 186. The van der Waals surface area contributed by atoms with E-state index in [4.69, 9.17) is 0 Å². The van der Waals surface area contributed by atoms with E-state index in [-0.39, 0.29) is 0 Å². The van der Waals surface area contributed by atoms with Gasteiger partial charge in [0.1, 0.15) is 0 Å². The third-order valence-corrected chi connectivity index (χ3v) is 2.89. The van der Waals surface area contributed by atoms with Crippen molar-refractivity contribution in [3.05, 3.63) is 23.8 Å². The minimum absolute atomic E-state index is 0.907. The van der Waals surface area contributed by atoms with Crippen molar-refractivity contribution < 1.29 is 0 Å². The van der Waals surface area contributed by atoms with E-state index in [9.17, 15) is 0 Å². The van der Waals surface area contributed by atoms with Crippen LogP contribution in [0.5, 0.6) is 0 Å². The van der Waals surface area contributed by atoms with Gasteiger partial charge in [-0.15, -0.1) is 0 Å². The highest BCUT2D eigenvalue weighted by atomic mass is 14.3. The van der Waals surface area contributed by atoms with Crippen LogP contribution in [0.1, 0.15) is 26.2 Å². The maximum absolute atomic E-state index is 2.42. The molecular weight excluding hydrogens is 120 g/mol. The number of hydrogen-bond donors (Lipinski definition) is 0. The van der Waals surface area contributed by atoms with Gasteiger partial charge in [-0.1, -0.05) is 23.8 Å². The molecule has 0 fully saturated rings. The first-order valence-electron chi connectivity index (χ1n) is 4.19. The lowest BCUT2D eigenvalue weighted by Gasteiger charge is -2.22. The number of hydrogen-bond acceptors (Lipinski definition) is 0. The molecule has 0 nitrogen and oxygen atoms in total. The molecular formula is C10H14. The van der Waals surface area contributed by atoms with E-state index in [0.29, 0.717) is 0 Å². The van der Waals surface area contributed by atoms with E-state index >= 15 is 0 Å². The molecule has 0 saturated carbocycles. The Morgan fingerprint density at radius 3 is 2.80 bits per heavy atom. The van der Waals surface area contributed by atoms with Crippen LogP contribution in [0.15, 0.2) is 23.8 Å². The summed E-state index contributed by atoms with van der Waals surface area (Å²) in [6.45, 7) is 2.28. The Morgan fingerprint density at radius 1 is 1.20 bits per heavy atom. The molecule has 0 aliphatic heterocycles. The predicted octanol–water partition coefficient (Wildman–Crippen LogP) is 2.92. The lowest BCUT2D eigenvalue weighted by molar-refractivity contribution is 0.402. The highest BCUT2D eigenvalue weighted by Gasteiger charge is 2.26. The van der Waals surface area contributed by atoms with Crippen LogP contribution in [0.25, 0.3) is 0 Å². The summed E-state index contributed by atoms with van der Waals surface area (Å²) in [5.41, 5.74) is 1.63. The SMILES string of the molecule is CC1=CCC2CC=CCC12. The Balaban J connectivity index is 2.17. The van der Waals surface area contributed by atoms with Gasteiger partial charge in [0.2, 0.25) is 0 Å². The molecule has 0 heterocycles. The molecule has 2 atom stereocenters. The van der Waals surface area contributed by atoms with E-state index in [0.717, 1.165) is 11.8 Å². The molecule has 0 radical (unpaired) electrons. The molecule has 0 amide bonds. The molecule has 0 N–H and O–H groups in total. The maximum Gasteiger partial charge on any atom is -0.0137 e. The quantitative estimate of drug-likeness (QED) is 0.447. The molecule has 2 aliphatic rings. The molecule has 2 aliphatic carbocycles. The third-order valence-electron chi connectivity index (χ3n) is 2.89. The van der Waals surface area contributed by atoms with Crippen molar-refractivity contribution in [2.75, 3.05) is 0 Å². The van der Waals surface area contributed by atoms with Crippen molar-refractivity contribution in [3.63, 3.8) is 0 Å². The summed E-state index contributed by atoms with van der Waals surface area (Å²) in [4.78, 5) is 0. The smallest absolute Gasteiger partial charge is 0.0137 e. The van der Waals surface area contributed by atoms with Crippen LogP contribution in [0.3, 0.4) is 0 Å². The molecule has 0 spiro atoms. The molecule has 0 bridgehead atoms. The van der Waals surface area contributed by atoms with Crippen molar-refractivity contribution in [1.29, 1.82) is 0 Å². The molecule has 0 saturated heterocycles. The number of fused-ring (bicyclic) bond motifs is 1. The Kier molecular flexibility index (Phi) is 1.40. The van der Waals surface area contributed by atoms with Crippen molar-refractivity contribution in [2.24, 2.45) is 11.8 Å². The zero-order chi connectivity index (χ0) is 6.97. The van der Waals surface area contributed by atoms with Gasteiger partial charge in [0.05, 0.1) is 0 Å². The summed E-state index contributed by atoms with van der Waals surface area (Å²) in [6, 6.07) is 0. The minimum Gasteiger partial charge on any atom is -0.0882 e. The van der Waals surface area contributed by atoms with Gasteiger partial charge in [-0.3, -0.25) is 0 Å². The molecule has 0 aromatic rings. The highest BCUT2D eigenvalue weighted by molar-refractivity contribution is 5.17. The van der Waals surface area contributed by atoms with E-state index in [1.54, 1.807) is 5.57 Å². The van der Waals surface area contributed by atoms with E-state index in [2.05, 4.69) is 25.2 Å². The van der Waals surface area contributed by atoms with Crippen LogP contribution in [-0.4, -0.2) is 0 Å². The van der Waals surface area contributed by atoms with Crippen LogP contribution in [0.4, 0.5) is 0 Å². The summed E-state index contributed by atoms with van der Waals surface area (Å²) in [5.74, 6) is 1.87. The molecule has 54 valence electrons. The molecule has 2 rings (SSSR count). The maximum atomic E-state index is 2.42. The zero-order valence-electron chi connectivity index (χ0n) is 6.51. The standard InChI is InChI=1S/C10H14/c1-8-6-7-9-4-2-3-5-10(8)9/h2-3,6,9-10H,4-5,7H2,1H3. The van der Waals surface area contributed by atoms with Crippen LogP contribution >= 0.6 is 0 Å². The second kappa shape index (κ2) is 2.26. The lowest BCUT2D eigenvalue weighted by atomic mass is 9.83. The summed E-state index contributed by atoms with van der Waals surface area (Å²) >= 11 is 0. The van der Waals surface area contributed by atoms with Gasteiger partial charge in [0.15, 0.2) is 0 Å². The average molecular weight is 134 g/mol. The third kappa shape index (κ3) is 0.828. The summed E-state index contributed by atoms with van der Waals surface area (Å²) in [5, 5.41) is 0. The monoisotopic (exact) mass is 134 g/mol. The number of rotatable bonds is 0. The Hall–Kier alpha value is -0.520. The fraction of sp³-hybridized carbons (Fsp3) is 0.600. The van der Waals surface area contributed by atoms with Crippen molar-refractivity contribution in [3.8, 4) is 0 Å². The van der Waals surface area contributed by atoms with Gasteiger partial charge in [0.25, 0.3) is 0 Å². The van der Waals surface area contributed by atoms with Gasteiger partial charge in [-0.25, -0.2) is 0 Å². The predicted molar refractivity (Wildman–Crippen MR) is 43.7 cm³/mol. The zero-order valence-corrected chi connectivity index (χ0v) is 6.51. The fourth-order valence-electron chi connectivity index (χ4n) is 2.18. The molecule has 0 heteroatoms. The second-order valence-corrected chi connectivity index (χ2v) is 3.49. The van der Waals surface area contributed by atoms with Gasteiger partial charge < -0.3 is 0 Å². The first-order valence-corrected chi connectivity index (χ1v) is 4.19. The van der Waals surface area contributed by atoms with Gasteiger partial charge in [0, 0.05) is 0 Å². The van der Waals surface area contributed by atoms with Crippen molar-refractivity contribution >= 4 is 0 Å². The van der Waals surface area contributed by atoms with E-state index in [1.165, 1.54) is 19.3 Å². The highest BCUT2D eigenvalue weighted by Crippen LogP contribution is 2.38.